The fourth-order valence-electron chi connectivity index (χ4n) is 3.02. The zero-order valence-corrected chi connectivity index (χ0v) is 15.3. The van der Waals surface area contributed by atoms with Crippen LogP contribution in [-0.4, -0.2) is 44.6 Å². The van der Waals surface area contributed by atoms with E-state index in [4.69, 9.17) is 4.74 Å². The Morgan fingerprint density at radius 1 is 1.27 bits per heavy atom. The van der Waals surface area contributed by atoms with Crippen molar-refractivity contribution in [1.29, 1.82) is 0 Å². The van der Waals surface area contributed by atoms with Crippen molar-refractivity contribution in [2.75, 3.05) is 13.1 Å². The summed E-state index contributed by atoms with van der Waals surface area (Å²) in [6, 6.07) is 4.43. The molecule has 6 nitrogen and oxygen atoms in total. The van der Waals surface area contributed by atoms with Crippen LogP contribution in [0.2, 0.25) is 0 Å². The smallest absolute Gasteiger partial charge is 0.410 e. The predicted molar refractivity (Wildman–Crippen MR) is 95.4 cm³/mol. The van der Waals surface area contributed by atoms with Gasteiger partial charge in [0.05, 0.1) is 12.2 Å². The van der Waals surface area contributed by atoms with Crippen molar-refractivity contribution in [1.82, 2.24) is 14.7 Å². The average Bonchev–Trinajstić information content (AvgIpc) is 3.06. The average molecular weight is 361 g/mol. The highest BCUT2D eigenvalue weighted by atomic mass is 19.1. The molecule has 7 heteroatoms. The third-order valence-corrected chi connectivity index (χ3v) is 4.37. The lowest BCUT2D eigenvalue weighted by molar-refractivity contribution is 0.0185. The summed E-state index contributed by atoms with van der Waals surface area (Å²) in [5.41, 5.74) is 1.03. The van der Waals surface area contributed by atoms with Crippen LogP contribution in [0.25, 0.3) is 11.1 Å². The molecule has 0 atom stereocenters. The number of likely N-dealkylation sites (tertiary alicyclic amines) is 1. The summed E-state index contributed by atoms with van der Waals surface area (Å²) >= 11 is 0. The van der Waals surface area contributed by atoms with Gasteiger partial charge in [0.1, 0.15) is 5.60 Å². The van der Waals surface area contributed by atoms with Crippen LogP contribution in [0.15, 0.2) is 30.6 Å². The lowest BCUT2D eigenvalue weighted by atomic mass is 10.1. The molecule has 0 aliphatic carbocycles. The molecule has 0 radical (unpaired) electrons. The highest BCUT2D eigenvalue weighted by molar-refractivity contribution is 5.68. The molecule has 2 aromatic rings. The van der Waals surface area contributed by atoms with Gasteiger partial charge < -0.3 is 14.7 Å². The molecule has 2 heterocycles. The Bertz CT molecular complexity index is 790. The maximum atomic E-state index is 13.2. The first-order chi connectivity index (χ1) is 12.2. The van der Waals surface area contributed by atoms with E-state index in [1.165, 1.54) is 12.1 Å². The number of hydrogen-bond donors (Lipinski definition) is 1. The Morgan fingerprint density at radius 3 is 2.58 bits per heavy atom. The summed E-state index contributed by atoms with van der Waals surface area (Å²) in [5.74, 6) is -1.02. The van der Waals surface area contributed by atoms with Crippen molar-refractivity contribution in [3.8, 4) is 16.9 Å². The van der Waals surface area contributed by atoms with Gasteiger partial charge in [0.2, 0.25) is 0 Å². The van der Waals surface area contributed by atoms with Crippen LogP contribution < -0.4 is 0 Å². The molecular weight excluding hydrogens is 337 g/mol. The first-order valence-electron chi connectivity index (χ1n) is 8.74. The molecule has 1 aliphatic heterocycles. The molecule has 1 N–H and O–H groups in total. The van der Waals surface area contributed by atoms with Crippen LogP contribution in [-0.2, 0) is 4.74 Å². The minimum atomic E-state index is -0.643. The summed E-state index contributed by atoms with van der Waals surface area (Å²) < 4.78 is 20.5. The molecule has 3 rings (SSSR count). The second-order valence-corrected chi connectivity index (χ2v) is 7.57. The highest BCUT2D eigenvalue weighted by Gasteiger charge is 2.27. The molecular formula is C19H24FN3O3. The summed E-state index contributed by atoms with van der Waals surface area (Å²) in [5, 5.41) is 13.9. The van der Waals surface area contributed by atoms with E-state index in [2.05, 4.69) is 5.10 Å². The number of carbonyl (C=O) groups is 1. The van der Waals surface area contributed by atoms with Crippen molar-refractivity contribution in [2.24, 2.45) is 0 Å². The van der Waals surface area contributed by atoms with Crippen molar-refractivity contribution in [3.63, 3.8) is 0 Å². The van der Waals surface area contributed by atoms with E-state index in [-0.39, 0.29) is 17.9 Å². The summed E-state index contributed by atoms with van der Waals surface area (Å²) in [6.45, 7) is 6.81. The molecule has 1 saturated heterocycles. The third-order valence-electron chi connectivity index (χ3n) is 4.37. The molecule has 1 aromatic carbocycles. The lowest BCUT2D eigenvalue weighted by Crippen LogP contribution is -2.42. The van der Waals surface area contributed by atoms with E-state index in [0.717, 1.165) is 18.4 Å². The number of piperidine rings is 1. The van der Waals surface area contributed by atoms with Crippen LogP contribution in [0, 0.1) is 5.82 Å². The molecule has 1 aliphatic rings. The quantitative estimate of drug-likeness (QED) is 0.879. The Kier molecular flexibility index (Phi) is 4.89. The Labute approximate surface area is 152 Å². The van der Waals surface area contributed by atoms with Gasteiger partial charge in [0.25, 0.3) is 0 Å². The number of benzene rings is 1. The largest absolute Gasteiger partial charge is 0.505 e. The fraction of sp³-hybridized carbons (Fsp3) is 0.474. The molecule has 0 spiro atoms. The maximum Gasteiger partial charge on any atom is 0.410 e. The number of nitrogens with zero attached hydrogens (tertiary/aromatic N) is 3. The van der Waals surface area contributed by atoms with Gasteiger partial charge in [0.15, 0.2) is 11.6 Å². The number of halogens is 1. The minimum absolute atomic E-state index is 0.191. The number of rotatable bonds is 2. The lowest BCUT2D eigenvalue weighted by Gasteiger charge is -2.33. The number of aromatic hydroxyl groups is 1. The van der Waals surface area contributed by atoms with Gasteiger partial charge in [-0.3, -0.25) is 4.68 Å². The summed E-state index contributed by atoms with van der Waals surface area (Å²) in [6.07, 6.45) is 4.89. The highest BCUT2D eigenvalue weighted by Crippen LogP contribution is 2.28. The van der Waals surface area contributed by atoms with Gasteiger partial charge in [0, 0.05) is 24.8 Å². The fourth-order valence-corrected chi connectivity index (χ4v) is 3.02. The van der Waals surface area contributed by atoms with Crippen molar-refractivity contribution < 1.29 is 19.0 Å². The SMILES string of the molecule is CC(C)(C)OC(=O)N1CCC(n2cc(-c3ccc(F)c(O)c3)cn2)CC1. The van der Waals surface area contributed by atoms with Gasteiger partial charge in [-0.15, -0.1) is 0 Å². The second-order valence-electron chi connectivity index (χ2n) is 7.57. The molecule has 1 aromatic heterocycles. The molecule has 0 saturated carbocycles. The van der Waals surface area contributed by atoms with Gasteiger partial charge in [-0.1, -0.05) is 6.07 Å². The van der Waals surface area contributed by atoms with Gasteiger partial charge >= 0.3 is 6.09 Å². The number of phenolic OH excluding ortho intramolecular Hbond substituents is 1. The number of amides is 1. The number of carbonyl (C=O) groups excluding carboxylic acids is 1. The maximum absolute atomic E-state index is 13.2. The van der Waals surface area contributed by atoms with Gasteiger partial charge in [-0.05, 0) is 51.3 Å². The molecule has 140 valence electrons. The van der Waals surface area contributed by atoms with E-state index < -0.39 is 11.4 Å². The van der Waals surface area contributed by atoms with Gasteiger partial charge in [-0.2, -0.15) is 5.10 Å². The predicted octanol–water partition coefficient (Wildman–Crippen LogP) is 3.97. The zero-order chi connectivity index (χ0) is 18.9. The van der Waals surface area contributed by atoms with Crippen molar-refractivity contribution in [2.45, 2.75) is 45.3 Å². The molecule has 0 unspecified atom stereocenters. The van der Waals surface area contributed by atoms with E-state index in [0.29, 0.717) is 18.7 Å². The Hall–Kier alpha value is -2.57. The number of ether oxygens (including phenoxy) is 1. The molecule has 1 fully saturated rings. The number of phenols is 1. The topological polar surface area (TPSA) is 67.6 Å². The van der Waals surface area contributed by atoms with Crippen LogP contribution in [0.5, 0.6) is 5.75 Å². The van der Waals surface area contributed by atoms with Crippen molar-refractivity contribution >= 4 is 6.09 Å². The Morgan fingerprint density at radius 2 is 1.96 bits per heavy atom. The molecule has 26 heavy (non-hydrogen) atoms. The minimum Gasteiger partial charge on any atom is -0.505 e. The van der Waals surface area contributed by atoms with Crippen LogP contribution in [0.3, 0.4) is 0 Å². The monoisotopic (exact) mass is 361 g/mol. The first-order valence-corrected chi connectivity index (χ1v) is 8.74. The molecule has 1 amide bonds. The van der Waals surface area contributed by atoms with E-state index in [1.807, 2.05) is 31.6 Å². The normalized spacial score (nSPS) is 15.9. The van der Waals surface area contributed by atoms with E-state index in [1.54, 1.807) is 17.2 Å². The number of aromatic nitrogens is 2. The zero-order valence-electron chi connectivity index (χ0n) is 15.3. The van der Waals surface area contributed by atoms with Crippen LogP contribution in [0.1, 0.15) is 39.7 Å². The number of hydrogen-bond acceptors (Lipinski definition) is 4. The van der Waals surface area contributed by atoms with Crippen LogP contribution >= 0.6 is 0 Å². The third kappa shape index (κ3) is 4.15. The molecule has 0 bridgehead atoms. The standard InChI is InChI=1S/C19H24FN3O3/c1-19(2,3)26-18(25)22-8-6-15(7-9-22)23-12-14(11-21-23)13-4-5-16(20)17(24)10-13/h4-5,10-12,15,24H,6-9H2,1-3H3. The van der Waals surface area contributed by atoms with Crippen LogP contribution in [0.4, 0.5) is 9.18 Å². The van der Waals surface area contributed by atoms with E-state index in [9.17, 15) is 14.3 Å². The summed E-state index contributed by atoms with van der Waals surface area (Å²) in [4.78, 5) is 13.9. The second kappa shape index (κ2) is 6.97. The Balaban J connectivity index is 1.63. The van der Waals surface area contributed by atoms with E-state index >= 15 is 0 Å². The van der Waals surface area contributed by atoms with Gasteiger partial charge in [-0.25, -0.2) is 9.18 Å². The van der Waals surface area contributed by atoms with Crippen molar-refractivity contribution in [3.05, 3.63) is 36.4 Å². The first kappa shape index (κ1) is 18.2. The summed E-state index contributed by atoms with van der Waals surface area (Å²) in [7, 11) is 0.